The van der Waals surface area contributed by atoms with Gasteiger partial charge in [-0.1, -0.05) is 17.7 Å². The van der Waals surface area contributed by atoms with Crippen LogP contribution in [0.1, 0.15) is 42.6 Å². The van der Waals surface area contributed by atoms with Crippen LogP contribution < -0.4 is 0 Å². The lowest BCUT2D eigenvalue weighted by Crippen LogP contribution is -2.38. The number of aryl methyl sites for hydroxylation is 1. The van der Waals surface area contributed by atoms with Gasteiger partial charge in [0.2, 0.25) is 0 Å². The van der Waals surface area contributed by atoms with Crippen LogP contribution in [0.3, 0.4) is 0 Å². The quantitative estimate of drug-likeness (QED) is 0.876. The van der Waals surface area contributed by atoms with Gasteiger partial charge in [0.1, 0.15) is 0 Å². The molecule has 0 aliphatic rings. The molecule has 20 heavy (non-hydrogen) atoms. The molecule has 0 heterocycles. The first-order valence-electron chi connectivity index (χ1n) is 6.62. The number of amides is 1. The lowest BCUT2D eigenvalue weighted by Gasteiger charge is -2.27. The molecule has 1 rings (SSSR count). The van der Waals surface area contributed by atoms with E-state index < -0.39 is 5.97 Å². The van der Waals surface area contributed by atoms with E-state index in [4.69, 9.17) is 16.7 Å². The third-order valence-electron chi connectivity index (χ3n) is 3.10. The first kappa shape index (κ1) is 16.5. The summed E-state index contributed by atoms with van der Waals surface area (Å²) in [4.78, 5) is 24.8. The molecule has 0 saturated carbocycles. The lowest BCUT2D eigenvalue weighted by atomic mass is 10.1. The number of carboxylic acid groups (broad SMARTS) is 1. The van der Waals surface area contributed by atoms with Crippen LogP contribution in [0.4, 0.5) is 0 Å². The lowest BCUT2D eigenvalue weighted by molar-refractivity contribution is -0.137. The maximum Gasteiger partial charge on any atom is 0.303 e. The molecule has 1 aromatic carbocycles. The van der Waals surface area contributed by atoms with E-state index in [0.29, 0.717) is 23.6 Å². The average Bonchev–Trinajstić information content (AvgIpc) is 2.36. The zero-order chi connectivity index (χ0) is 15.3. The molecule has 1 amide bonds. The Morgan fingerprint density at radius 1 is 1.35 bits per heavy atom. The number of benzene rings is 1. The van der Waals surface area contributed by atoms with Gasteiger partial charge in [-0.2, -0.15) is 0 Å². The maximum absolute atomic E-state index is 12.6. The summed E-state index contributed by atoms with van der Waals surface area (Å²) in [5.74, 6) is -0.953. The SMILES string of the molecule is Cc1ccc(Cl)cc1C(=O)N(CCCC(=O)O)C(C)C. The molecule has 0 unspecified atom stereocenters. The number of carbonyl (C=O) groups is 2. The second kappa shape index (κ2) is 7.29. The van der Waals surface area contributed by atoms with Crippen molar-refractivity contribution >= 4 is 23.5 Å². The number of carboxylic acids is 1. The van der Waals surface area contributed by atoms with E-state index in [1.165, 1.54) is 0 Å². The Balaban J connectivity index is 2.88. The Bertz CT molecular complexity index is 500. The van der Waals surface area contributed by atoms with Gasteiger partial charge in [-0.3, -0.25) is 9.59 Å². The molecule has 0 aromatic heterocycles. The van der Waals surface area contributed by atoms with Crippen LogP contribution in [-0.4, -0.2) is 34.5 Å². The van der Waals surface area contributed by atoms with Crippen molar-refractivity contribution in [3.05, 3.63) is 34.3 Å². The first-order chi connectivity index (χ1) is 9.32. The molecule has 0 fully saturated rings. The summed E-state index contributed by atoms with van der Waals surface area (Å²) in [6, 6.07) is 5.23. The minimum atomic E-state index is -0.847. The maximum atomic E-state index is 12.6. The van der Waals surface area contributed by atoms with Crippen molar-refractivity contribution in [2.24, 2.45) is 0 Å². The van der Waals surface area contributed by atoms with Crippen LogP contribution in [0.25, 0.3) is 0 Å². The van der Waals surface area contributed by atoms with E-state index in [0.717, 1.165) is 5.56 Å². The fourth-order valence-corrected chi connectivity index (χ4v) is 2.15. The summed E-state index contributed by atoms with van der Waals surface area (Å²) >= 11 is 5.94. The van der Waals surface area contributed by atoms with Gasteiger partial charge >= 0.3 is 5.97 Å². The second-order valence-electron chi connectivity index (χ2n) is 5.05. The normalized spacial score (nSPS) is 10.7. The van der Waals surface area contributed by atoms with Gasteiger partial charge in [-0.25, -0.2) is 0 Å². The van der Waals surface area contributed by atoms with Gasteiger partial charge in [0.05, 0.1) is 0 Å². The number of halogens is 1. The number of aliphatic carboxylic acids is 1. The molecular formula is C15H20ClNO3. The molecule has 110 valence electrons. The Hall–Kier alpha value is -1.55. The van der Waals surface area contributed by atoms with Crippen LogP contribution in [0, 0.1) is 6.92 Å². The molecule has 0 aliphatic heterocycles. The molecule has 0 spiro atoms. The molecule has 5 heteroatoms. The fourth-order valence-electron chi connectivity index (χ4n) is 1.97. The highest BCUT2D eigenvalue weighted by Crippen LogP contribution is 2.18. The highest BCUT2D eigenvalue weighted by Gasteiger charge is 2.20. The monoisotopic (exact) mass is 297 g/mol. The molecule has 0 aliphatic carbocycles. The Morgan fingerprint density at radius 2 is 2.00 bits per heavy atom. The smallest absolute Gasteiger partial charge is 0.303 e. The van der Waals surface area contributed by atoms with E-state index in [2.05, 4.69) is 0 Å². The molecule has 0 bridgehead atoms. The van der Waals surface area contributed by atoms with E-state index in [1.54, 1.807) is 17.0 Å². The molecular weight excluding hydrogens is 278 g/mol. The summed E-state index contributed by atoms with van der Waals surface area (Å²) in [6.45, 7) is 6.12. The topological polar surface area (TPSA) is 57.6 Å². The number of nitrogens with zero attached hydrogens (tertiary/aromatic N) is 1. The van der Waals surface area contributed by atoms with Gasteiger partial charge in [-0.05, 0) is 44.9 Å². The summed E-state index contributed by atoms with van der Waals surface area (Å²) < 4.78 is 0. The van der Waals surface area contributed by atoms with Crippen molar-refractivity contribution in [1.29, 1.82) is 0 Å². The van der Waals surface area contributed by atoms with Crippen molar-refractivity contribution in [2.75, 3.05) is 6.54 Å². The second-order valence-corrected chi connectivity index (χ2v) is 5.49. The largest absolute Gasteiger partial charge is 0.481 e. The number of rotatable bonds is 6. The Kier molecular flexibility index (Phi) is 6.02. The van der Waals surface area contributed by atoms with E-state index >= 15 is 0 Å². The van der Waals surface area contributed by atoms with Crippen molar-refractivity contribution in [2.45, 2.75) is 39.7 Å². The highest BCUT2D eigenvalue weighted by atomic mass is 35.5. The van der Waals surface area contributed by atoms with E-state index in [9.17, 15) is 9.59 Å². The predicted molar refractivity (Wildman–Crippen MR) is 79.2 cm³/mol. The van der Waals surface area contributed by atoms with Crippen molar-refractivity contribution in [3.8, 4) is 0 Å². The van der Waals surface area contributed by atoms with Crippen LogP contribution in [0.2, 0.25) is 5.02 Å². The first-order valence-corrected chi connectivity index (χ1v) is 6.99. The average molecular weight is 298 g/mol. The standard InChI is InChI=1S/C15H20ClNO3/c1-10(2)17(8-4-5-14(18)19)15(20)13-9-12(16)7-6-11(13)3/h6-7,9-10H,4-5,8H2,1-3H3,(H,18,19). The van der Waals surface area contributed by atoms with Crippen LogP contribution in [-0.2, 0) is 4.79 Å². The van der Waals surface area contributed by atoms with Crippen molar-refractivity contribution in [1.82, 2.24) is 4.90 Å². The molecule has 1 aromatic rings. The minimum Gasteiger partial charge on any atom is -0.481 e. The van der Waals surface area contributed by atoms with Crippen molar-refractivity contribution in [3.63, 3.8) is 0 Å². The zero-order valence-electron chi connectivity index (χ0n) is 12.0. The number of carbonyl (C=O) groups excluding carboxylic acids is 1. The summed E-state index contributed by atoms with van der Waals surface area (Å²) in [7, 11) is 0. The Labute approximate surface area is 124 Å². The molecule has 4 nitrogen and oxygen atoms in total. The van der Waals surface area contributed by atoms with E-state index in [-0.39, 0.29) is 18.4 Å². The third-order valence-corrected chi connectivity index (χ3v) is 3.34. The third kappa shape index (κ3) is 4.53. The van der Waals surface area contributed by atoms with Gasteiger partial charge in [0, 0.05) is 29.6 Å². The minimum absolute atomic E-state index is 0.00896. The van der Waals surface area contributed by atoms with Gasteiger partial charge in [0.15, 0.2) is 0 Å². The van der Waals surface area contributed by atoms with Crippen LogP contribution >= 0.6 is 11.6 Å². The summed E-state index contributed by atoms with van der Waals surface area (Å²) in [6.07, 6.45) is 0.504. The Morgan fingerprint density at radius 3 is 2.55 bits per heavy atom. The van der Waals surface area contributed by atoms with Gasteiger partial charge in [-0.15, -0.1) is 0 Å². The van der Waals surface area contributed by atoms with Crippen LogP contribution in [0.15, 0.2) is 18.2 Å². The highest BCUT2D eigenvalue weighted by molar-refractivity contribution is 6.31. The molecule has 0 atom stereocenters. The zero-order valence-corrected chi connectivity index (χ0v) is 12.8. The number of hydrogen-bond donors (Lipinski definition) is 1. The van der Waals surface area contributed by atoms with Crippen molar-refractivity contribution < 1.29 is 14.7 Å². The fraction of sp³-hybridized carbons (Fsp3) is 0.467. The van der Waals surface area contributed by atoms with Gasteiger partial charge < -0.3 is 10.0 Å². The number of hydrogen-bond acceptors (Lipinski definition) is 2. The predicted octanol–water partition coefficient (Wildman–Crippen LogP) is 3.36. The summed E-state index contributed by atoms with van der Waals surface area (Å²) in [5, 5.41) is 9.20. The molecule has 1 N–H and O–H groups in total. The molecule has 0 saturated heterocycles. The molecule has 0 radical (unpaired) electrons. The summed E-state index contributed by atoms with van der Waals surface area (Å²) in [5.41, 5.74) is 1.44. The van der Waals surface area contributed by atoms with Gasteiger partial charge in [0.25, 0.3) is 5.91 Å². The van der Waals surface area contributed by atoms with Crippen LogP contribution in [0.5, 0.6) is 0 Å². The van der Waals surface area contributed by atoms with E-state index in [1.807, 2.05) is 26.8 Å².